The van der Waals surface area contributed by atoms with Crippen LogP contribution in [0.4, 0.5) is 5.69 Å². The molecule has 1 aliphatic heterocycles. The maximum atomic E-state index is 12.7. The molecule has 0 radical (unpaired) electrons. The lowest BCUT2D eigenvalue weighted by Crippen LogP contribution is -2.49. The summed E-state index contributed by atoms with van der Waals surface area (Å²) in [6, 6.07) is 18.2. The number of sulfonamides is 1. The highest BCUT2D eigenvalue weighted by molar-refractivity contribution is 7.88. The van der Waals surface area contributed by atoms with E-state index >= 15 is 0 Å². The molecule has 3 aromatic rings. The predicted molar refractivity (Wildman–Crippen MR) is 118 cm³/mol. The second kappa shape index (κ2) is 8.59. The third-order valence-electron chi connectivity index (χ3n) is 5.07. The van der Waals surface area contributed by atoms with Gasteiger partial charge in [0.25, 0.3) is 5.56 Å². The molecule has 0 bridgehead atoms. The first-order valence-electron chi connectivity index (χ1n) is 9.56. The number of piperazine rings is 1. The molecule has 0 saturated carbocycles. The van der Waals surface area contributed by atoms with Crippen LogP contribution < -0.4 is 10.5 Å². The summed E-state index contributed by atoms with van der Waals surface area (Å²) in [5.41, 5.74) is 1.51. The van der Waals surface area contributed by atoms with Crippen LogP contribution in [0.5, 0.6) is 0 Å². The standard InChI is InChI=1S/C21H21ClN4O3S/c22-20-19(15-23-26(21(20)27)18-9-5-2-6-10-18)24-11-13-25(14-12-24)30(28,29)16-17-7-3-1-4-8-17/h1-10,15H,11-14,16H2. The molecule has 0 atom stereocenters. The minimum atomic E-state index is -3.41. The Morgan fingerprint density at radius 3 is 2.13 bits per heavy atom. The van der Waals surface area contributed by atoms with Crippen LogP contribution in [0.1, 0.15) is 5.56 Å². The molecule has 1 fully saturated rings. The van der Waals surface area contributed by atoms with Gasteiger partial charge >= 0.3 is 0 Å². The summed E-state index contributed by atoms with van der Waals surface area (Å²) >= 11 is 6.37. The molecule has 2 heterocycles. The highest BCUT2D eigenvalue weighted by Crippen LogP contribution is 2.24. The molecular weight excluding hydrogens is 424 g/mol. The van der Waals surface area contributed by atoms with Crippen molar-refractivity contribution in [3.63, 3.8) is 0 Å². The monoisotopic (exact) mass is 444 g/mol. The second-order valence-electron chi connectivity index (χ2n) is 7.02. The van der Waals surface area contributed by atoms with Gasteiger partial charge in [0, 0.05) is 26.2 Å². The molecule has 1 aromatic heterocycles. The largest absolute Gasteiger partial charge is 0.366 e. The molecule has 9 heteroatoms. The van der Waals surface area contributed by atoms with Gasteiger partial charge in [0.2, 0.25) is 10.0 Å². The molecule has 2 aromatic carbocycles. The average Bonchev–Trinajstić information content (AvgIpc) is 2.77. The minimum Gasteiger partial charge on any atom is -0.366 e. The molecular formula is C21H21ClN4O3S. The molecule has 156 valence electrons. The zero-order chi connectivity index (χ0) is 21.1. The van der Waals surface area contributed by atoms with Gasteiger partial charge in [-0.2, -0.15) is 14.1 Å². The van der Waals surface area contributed by atoms with Crippen molar-refractivity contribution in [2.24, 2.45) is 0 Å². The molecule has 0 amide bonds. The van der Waals surface area contributed by atoms with Crippen LogP contribution in [-0.2, 0) is 15.8 Å². The Morgan fingerprint density at radius 2 is 1.50 bits per heavy atom. The van der Waals surface area contributed by atoms with E-state index in [1.54, 1.807) is 30.5 Å². The smallest absolute Gasteiger partial charge is 0.292 e. The number of aromatic nitrogens is 2. The summed E-state index contributed by atoms with van der Waals surface area (Å²) in [5, 5.41) is 4.33. The number of para-hydroxylation sites is 1. The molecule has 0 spiro atoms. The van der Waals surface area contributed by atoms with Crippen LogP contribution in [0.2, 0.25) is 5.02 Å². The number of benzene rings is 2. The van der Waals surface area contributed by atoms with Crippen molar-refractivity contribution in [1.29, 1.82) is 0 Å². The molecule has 0 N–H and O–H groups in total. The van der Waals surface area contributed by atoms with Crippen LogP contribution in [0.15, 0.2) is 71.7 Å². The van der Waals surface area contributed by atoms with Gasteiger partial charge in [-0.1, -0.05) is 60.1 Å². The molecule has 0 aliphatic carbocycles. The van der Waals surface area contributed by atoms with Crippen molar-refractivity contribution < 1.29 is 8.42 Å². The van der Waals surface area contributed by atoms with Gasteiger partial charge in [-0.25, -0.2) is 8.42 Å². The quantitative estimate of drug-likeness (QED) is 0.604. The fraction of sp³-hybridized carbons (Fsp3) is 0.238. The summed E-state index contributed by atoms with van der Waals surface area (Å²) in [4.78, 5) is 14.6. The predicted octanol–water partition coefficient (Wildman–Crippen LogP) is 2.54. The van der Waals surface area contributed by atoms with Gasteiger partial charge in [0.15, 0.2) is 0 Å². The number of halogens is 1. The molecule has 7 nitrogen and oxygen atoms in total. The summed E-state index contributed by atoms with van der Waals surface area (Å²) in [5.74, 6) is -0.0245. The Hall–Kier alpha value is -2.68. The highest BCUT2D eigenvalue weighted by atomic mass is 35.5. The maximum Gasteiger partial charge on any atom is 0.292 e. The van der Waals surface area contributed by atoms with Crippen LogP contribution in [-0.4, -0.2) is 48.7 Å². The third-order valence-corrected chi connectivity index (χ3v) is 7.27. The van der Waals surface area contributed by atoms with E-state index in [1.165, 1.54) is 8.99 Å². The van der Waals surface area contributed by atoms with Crippen molar-refractivity contribution in [2.75, 3.05) is 31.1 Å². The Labute approximate surface area is 180 Å². The fourth-order valence-electron chi connectivity index (χ4n) is 3.48. The van der Waals surface area contributed by atoms with Crippen LogP contribution in [0.3, 0.4) is 0 Å². The van der Waals surface area contributed by atoms with E-state index in [0.29, 0.717) is 37.6 Å². The van der Waals surface area contributed by atoms with Crippen LogP contribution in [0.25, 0.3) is 5.69 Å². The topological polar surface area (TPSA) is 75.5 Å². The summed E-state index contributed by atoms with van der Waals surface area (Å²) in [6.45, 7) is 1.52. The van der Waals surface area contributed by atoms with Gasteiger partial charge in [-0.3, -0.25) is 4.79 Å². The first-order chi connectivity index (χ1) is 14.5. The van der Waals surface area contributed by atoms with Crippen molar-refractivity contribution in [3.8, 4) is 5.69 Å². The highest BCUT2D eigenvalue weighted by Gasteiger charge is 2.28. The third kappa shape index (κ3) is 4.26. The molecule has 0 unspecified atom stereocenters. The summed E-state index contributed by atoms with van der Waals surface area (Å²) in [7, 11) is -3.41. The average molecular weight is 445 g/mol. The van der Waals surface area contributed by atoms with Gasteiger partial charge in [-0.15, -0.1) is 0 Å². The van der Waals surface area contributed by atoms with E-state index in [-0.39, 0.29) is 10.8 Å². The normalized spacial score (nSPS) is 15.3. The second-order valence-corrected chi connectivity index (χ2v) is 9.37. The Bertz CT molecular complexity index is 1180. The lowest BCUT2D eigenvalue weighted by Gasteiger charge is -2.35. The molecule has 30 heavy (non-hydrogen) atoms. The van der Waals surface area contributed by atoms with Crippen LogP contribution in [0, 0.1) is 0 Å². The lowest BCUT2D eigenvalue weighted by atomic mass is 10.2. The molecule has 4 rings (SSSR count). The van der Waals surface area contributed by atoms with Gasteiger partial charge in [0.05, 0.1) is 23.3 Å². The Balaban J connectivity index is 1.48. The van der Waals surface area contributed by atoms with Crippen molar-refractivity contribution in [2.45, 2.75) is 5.75 Å². The SMILES string of the molecule is O=c1c(Cl)c(N2CCN(S(=O)(=O)Cc3ccccc3)CC2)cnn1-c1ccccc1. The number of rotatable bonds is 5. The zero-order valence-electron chi connectivity index (χ0n) is 16.2. The van der Waals surface area contributed by atoms with Gasteiger partial charge < -0.3 is 4.90 Å². The van der Waals surface area contributed by atoms with E-state index in [1.807, 2.05) is 41.3 Å². The number of anilines is 1. The number of nitrogens with zero attached hydrogens (tertiary/aromatic N) is 4. The maximum absolute atomic E-state index is 12.7. The van der Waals surface area contributed by atoms with Crippen LogP contribution >= 0.6 is 11.6 Å². The lowest BCUT2D eigenvalue weighted by molar-refractivity contribution is 0.384. The summed E-state index contributed by atoms with van der Waals surface area (Å²) < 4.78 is 28.2. The first kappa shape index (κ1) is 20.6. The van der Waals surface area contributed by atoms with Gasteiger partial charge in [-0.05, 0) is 17.7 Å². The zero-order valence-corrected chi connectivity index (χ0v) is 17.8. The minimum absolute atomic E-state index is 0.0245. The van der Waals surface area contributed by atoms with E-state index in [4.69, 9.17) is 11.6 Å². The van der Waals surface area contributed by atoms with Gasteiger partial charge in [0.1, 0.15) is 5.02 Å². The number of hydrogen-bond donors (Lipinski definition) is 0. The van der Waals surface area contributed by atoms with Crippen molar-refractivity contribution >= 4 is 27.3 Å². The van der Waals surface area contributed by atoms with E-state index in [0.717, 1.165) is 5.56 Å². The van der Waals surface area contributed by atoms with E-state index in [2.05, 4.69) is 5.10 Å². The molecule has 1 aliphatic rings. The van der Waals surface area contributed by atoms with E-state index < -0.39 is 15.6 Å². The molecule has 1 saturated heterocycles. The summed E-state index contributed by atoms with van der Waals surface area (Å²) in [6.07, 6.45) is 1.56. The van der Waals surface area contributed by atoms with E-state index in [9.17, 15) is 13.2 Å². The number of hydrogen-bond acceptors (Lipinski definition) is 5. The Kier molecular flexibility index (Phi) is 5.90. The van der Waals surface area contributed by atoms with Crippen molar-refractivity contribution in [1.82, 2.24) is 14.1 Å². The van der Waals surface area contributed by atoms with Crippen molar-refractivity contribution in [3.05, 3.63) is 87.8 Å². The first-order valence-corrected chi connectivity index (χ1v) is 11.5. The fourth-order valence-corrected chi connectivity index (χ4v) is 5.25. The Morgan fingerprint density at radius 1 is 0.900 bits per heavy atom.